The molecule has 1 N–H and O–H groups in total. The minimum atomic E-state index is 0. The maximum Gasteiger partial charge on any atom is 0.203 e. The highest BCUT2D eigenvalue weighted by Crippen LogP contribution is 2.38. The lowest BCUT2D eigenvalue weighted by Gasteiger charge is -2.14. The molecule has 0 aliphatic heterocycles. The molecular weight excluding hydrogens is 320 g/mol. The average Bonchev–Trinajstić information content (AvgIpc) is 2.60. The molecule has 0 saturated heterocycles. The number of ether oxygens (including phenoxy) is 4. The van der Waals surface area contributed by atoms with Gasteiger partial charge >= 0.3 is 0 Å². The Morgan fingerprint density at radius 3 is 1.76 bits per heavy atom. The third-order valence-electron chi connectivity index (χ3n) is 3.90. The van der Waals surface area contributed by atoms with Crippen molar-refractivity contribution >= 4 is 0 Å². The molecule has 2 rings (SSSR count). The Morgan fingerprint density at radius 1 is 0.720 bits per heavy atom. The van der Waals surface area contributed by atoms with Gasteiger partial charge in [-0.3, -0.25) is 0 Å². The van der Waals surface area contributed by atoms with E-state index in [0.717, 1.165) is 30.4 Å². The first-order valence-electron chi connectivity index (χ1n) is 7.77. The highest BCUT2D eigenvalue weighted by molar-refractivity contribution is 5.53. The molecule has 5 heteroatoms. The number of hydrogen-bond donors (Lipinski definition) is 1. The number of methoxy groups -OCH3 is 4. The summed E-state index contributed by atoms with van der Waals surface area (Å²) in [6.45, 7) is 0. The fraction of sp³-hybridized carbons (Fsp3) is 0.400. The minimum absolute atomic E-state index is 0. The van der Waals surface area contributed by atoms with Crippen molar-refractivity contribution in [2.45, 2.75) is 26.7 Å². The molecule has 0 spiro atoms. The summed E-state index contributed by atoms with van der Waals surface area (Å²) in [4.78, 5) is 0. The Balaban J connectivity index is 0.00000312. The Hall–Kier alpha value is -2.56. The van der Waals surface area contributed by atoms with Crippen LogP contribution in [0.3, 0.4) is 0 Å². The first kappa shape index (κ1) is 20.5. The molecule has 25 heavy (non-hydrogen) atoms. The van der Waals surface area contributed by atoms with Crippen LogP contribution in [0.15, 0.2) is 30.3 Å². The predicted molar refractivity (Wildman–Crippen MR) is 99.5 cm³/mol. The van der Waals surface area contributed by atoms with Crippen LogP contribution in [0.5, 0.6) is 28.7 Å². The summed E-state index contributed by atoms with van der Waals surface area (Å²) >= 11 is 0. The summed E-state index contributed by atoms with van der Waals surface area (Å²) in [5.74, 6) is 2.58. The van der Waals surface area contributed by atoms with Gasteiger partial charge < -0.3 is 24.1 Å². The second kappa shape index (κ2) is 9.67. The molecule has 2 aromatic rings. The zero-order valence-corrected chi connectivity index (χ0v) is 14.6. The van der Waals surface area contributed by atoms with E-state index >= 15 is 0 Å². The van der Waals surface area contributed by atoms with E-state index in [9.17, 15) is 5.11 Å². The highest BCUT2D eigenvalue weighted by Gasteiger charge is 2.13. The van der Waals surface area contributed by atoms with Crippen molar-refractivity contribution in [1.82, 2.24) is 0 Å². The third kappa shape index (κ3) is 4.95. The van der Waals surface area contributed by atoms with Gasteiger partial charge in [0.05, 0.1) is 28.4 Å². The summed E-state index contributed by atoms with van der Waals surface area (Å²) < 4.78 is 21.1. The summed E-state index contributed by atoms with van der Waals surface area (Å²) in [6.07, 6.45) is 2.65. The molecule has 0 aliphatic rings. The smallest absolute Gasteiger partial charge is 0.203 e. The molecule has 0 atom stereocenters. The SMILES string of the molecule is C.COc1ccc(CCCc2cc(OC)c(OC)c(OC)c2)cc1O. The molecule has 0 unspecified atom stereocenters. The van der Waals surface area contributed by atoms with Crippen LogP contribution in [-0.2, 0) is 12.8 Å². The number of phenolic OH excluding ortho intramolecular Hbond substituents is 1. The van der Waals surface area contributed by atoms with Gasteiger partial charge in [-0.2, -0.15) is 0 Å². The van der Waals surface area contributed by atoms with Gasteiger partial charge in [0, 0.05) is 0 Å². The van der Waals surface area contributed by atoms with E-state index in [1.165, 1.54) is 0 Å². The lowest BCUT2D eigenvalue weighted by atomic mass is 10.0. The maximum absolute atomic E-state index is 9.83. The van der Waals surface area contributed by atoms with Crippen molar-refractivity contribution in [3.05, 3.63) is 41.5 Å². The Morgan fingerprint density at radius 2 is 1.28 bits per heavy atom. The minimum Gasteiger partial charge on any atom is -0.504 e. The molecular formula is C20H28O5. The van der Waals surface area contributed by atoms with E-state index in [1.54, 1.807) is 40.6 Å². The molecule has 5 nitrogen and oxygen atoms in total. The molecule has 0 heterocycles. The lowest BCUT2D eigenvalue weighted by Crippen LogP contribution is -1.98. The molecule has 0 fully saturated rings. The van der Waals surface area contributed by atoms with Gasteiger partial charge in [-0.1, -0.05) is 13.5 Å². The van der Waals surface area contributed by atoms with Gasteiger partial charge in [0.2, 0.25) is 5.75 Å². The second-order valence-electron chi connectivity index (χ2n) is 5.39. The normalized spacial score (nSPS) is 9.92. The Labute approximate surface area is 150 Å². The van der Waals surface area contributed by atoms with E-state index < -0.39 is 0 Å². The van der Waals surface area contributed by atoms with Crippen LogP contribution in [0, 0.1) is 0 Å². The fourth-order valence-electron chi connectivity index (χ4n) is 2.67. The predicted octanol–water partition coefficient (Wildman–Crippen LogP) is 4.24. The first-order chi connectivity index (χ1) is 11.6. The Bertz CT molecular complexity index is 657. The summed E-state index contributed by atoms with van der Waals surface area (Å²) in [7, 11) is 6.36. The van der Waals surface area contributed by atoms with Crippen molar-refractivity contribution < 1.29 is 24.1 Å². The standard InChI is InChI=1S/C19H24O5.CH4/c1-21-16-9-8-13(10-15(16)20)6-5-7-14-11-17(22-2)19(24-4)18(12-14)23-3;/h8-12,20H,5-7H2,1-4H3;1H4. The lowest BCUT2D eigenvalue weighted by molar-refractivity contribution is 0.323. The van der Waals surface area contributed by atoms with E-state index in [1.807, 2.05) is 18.2 Å². The maximum atomic E-state index is 9.83. The summed E-state index contributed by atoms with van der Waals surface area (Å²) in [6, 6.07) is 9.42. The van der Waals surface area contributed by atoms with Crippen LogP contribution >= 0.6 is 0 Å². The third-order valence-corrected chi connectivity index (χ3v) is 3.90. The molecule has 0 amide bonds. The zero-order chi connectivity index (χ0) is 17.5. The largest absolute Gasteiger partial charge is 0.504 e. The summed E-state index contributed by atoms with van der Waals surface area (Å²) in [5, 5.41) is 9.83. The average molecular weight is 348 g/mol. The van der Waals surface area contributed by atoms with E-state index in [-0.39, 0.29) is 13.2 Å². The fourth-order valence-corrected chi connectivity index (χ4v) is 2.67. The zero-order valence-electron chi connectivity index (χ0n) is 14.6. The molecule has 0 aliphatic carbocycles. The molecule has 138 valence electrons. The number of aryl methyl sites for hydroxylation is 2. The van der Waals surface area contributed by atoms with E-state index in [4.69, 9.17) is 18.9 Å². The number of aromatic hydroxyl groups is 1. The van der Waals surface area contributed by atoms with Crippen molar-refractivity contribution in [3.8, 4) is 28.7 Å². The van der Waals surface area contributed by atoms with E-state index in [0.29, 0.717) is 23.0 Å². The van der Waals surface area contributed by atoms with Crippen LogP contribution in [0.1, 0.15) is 25.0 Å². The van der Waals surface area contributed by atoms with Gasteiger partial charge in [-0.05, 0) is 54.7 Å². The van der Waals surface area contributed by atoms with Gasteiger partial charge in [0.15, 0.2) is 23.0 Å². The number of hydrogen-bond acceptors (Lipinski definition) is 5. The van der Waals surface area contributed by atoms with Gasteiger partial charge in [-0.15, -0.1) is 0 Å². The second-order valence-corrected chi connectivity index (χ2v) is 5.39. The monoisotopic (exact) mass is 348 g/mol. The van der Waals surface area contributed by atoms with Crippen molar-refractivity contribution in [3.63, 3.8) is 0 Å². The van der Waals surface area contributed by atoms with Crippen LogP contribution in [0.25, 0.3) is 0 Å². The first-order valence-corrected chi connectivity index (χ1v) is 7.77. The van der Waals surface area contributed by atoms with Crippen molar-refractivity contribution in [1.29, 1.82) is 0 Å². The highest BCUT2D eigenvalue weighted by atomic mass is 16.5. The van der Waals surface area contributed by atoms with Gasteiger partial charge in [-0.25, -0.2) is 0 Å². The molecule has 0 saturated carbocycles. The summed E-state index contributed by atoms with van der Waals surface area (Å²) in [5.41, 5.74) is 2.18. The van der Waals surface area contributed by atoms with Gasteiger partial charge in [0.1, 0.15) is 0 Å². The van der Waals surface area contributed by atoms with Crippen molar-refractivity contribution in [2.75, 3.05) is 28.4 Å². The van der Waals surface area contributed by atoms with Crippen LogP contribution in [0.2, 0.25) is 0 Å². The molecule has 2 aromatic carbocycles. The number of phenols is 1. The molecule has 0 bridgehead atoms. The number of benzene rings is 2. The van der Waals surface area contributed by atoms with E-state index in [2.05, 4.69) is 0 Å². The van der Waals surface area contributed by atoms with Crippen molar-refractivity contribution in [2.24, 2.45) is 0 Å². The van der Waals surface area contributed by atoms with Gasteiger partial charge in [0.25, 0.3) is 0 Å². The topological polar surface area (TPSA) is 57.2 Å². The molecule has 0 aromatic heterocycles. The quantitative estimate of drug-likeness (QED) is 0.773. The number of rotatable bonds is 8. The van der Waals surface area contributed by atoms with Crippen LogP contribution in [0.4, 0.5) is 0 Å². The van der Waals surface area contributed by atoms with Crippen LogP contribution < -0.4 is 18.9 Å². The molecule has 0 radical (unpaired) electrons. The Kier molecular flexibility index (Phi) is 7.92. The van der Waals surface area contributed by atoms with Crippen LogP contribution in [-0.4, -0.2) is 33.5 Å².